The minimum absolute atomic E-state index is 0.130. The summed E-state index contributed by atoms with van der Waals surface area (Å²) in [4.78, 5) is 12.3. The summed E-state index contributed by atoms with van der Waals surface area (Å²) in [5.74, 6) is 0.612. The Hall–Kier alpha value is -2.80. The molecule has 2 rings (SSSR count). The molecule has 0 saturated carbocycles. The third kappa shape index (κ3) is 4.58. The highest BCUT2D eigenvalue weighted by atomic mass is 16.5. The molecule has 1 amide bonds. The lowest BCUT2D eigenvalue weighted by molar-refractivity contribution is 0.0940. The van der Waals surface area contributed by atoms with Crippen LogP contribution in [0.25, 0.3) is 0 Å². The zero-order valence-corrected chi connectivity index (χ0v) is 13.5. The molecule has 2 aromatic rings. The number of benzene rings is 2. The quantitative estimate of drug-likeness (QED) is 0.913. The van der Waals surface area contributed by atoms with Crippen molar-refractivity contribution >= 4 is 5.91 Å². The maximum absolute atomic E-state index is 12.3. The molecule has 0 radical (unpaired) electrons. The van der Waals surface area contributed by atoms with Gasteiger partial charge in [-0.15, -0.1) is 0 Å². The first-order chi connectivity index (χ1) is 11.0. The van der Waals surface area contributed by atoms with Gasteiger partial charge in [-0.25, -0.2) is 0 Å². The molecule has 0 aliphatic rings. The van der Waals surface area contributed by atoms with Crippen LogP contribution in [0.3, 0.4) is 0 Å². The van der Waals surface area contributed by atoms with Crippen LogP contribution in [-0.2, 0) is 0 Å². The second kappa shape index (κ2) is 7.46. The van der Waals surface area contributed by atoms with Crippen LogP contribution in [0.1, 0.15) is 48.3 Å². The molecule has 118 valence electrons. The second-order valence-electron chi connectivity index (χ2n) is 5.62. The van der Waals surface area contributed by atoms with E-state index in [9.17, 15) is 4.79 Å². The van der Waals surface area contributed by atoms with Crippen LogP contribution in [0.15, 0.2) is 48.5 Å². The van der Waals surface area contributed by atoms with E-state index < -0.39 is 0 Å². The maximum atomic E-state index is 12.3. The molecule has 1 N–H and O–H groups in total. The minimum Gasteiger partial charge on any atom is -0.491 e. The van der Waals surface area contributed by atoms with Crippen molar-refractivity contribution in [3.63, 3.8) is 0 Å². The van der Waals surface area contributed by atoms with Crippen LogP contribution in [0.5, 0.6) is 5.75 Å². The van der Waals surface area contributed by atoms with E-state index in [2.05, 4.69) is 5.32 Å². The number of carbonyl (C=O) groups excluding carboxylic acids is 1. The summed E-state index contributed by atoms with van der Waals surface area (Å²) in [6.45, 7) is 5.88. The number of nitrogens with one attached hydrogen (secondary N) is 1. The molecule has 4 heteroatoms. The lowest BCUT2D eigenvalue weighted by Crippen LogP contribution is -2.26. The molecule has 2 aromatic carbocycles. The Morgan fingerprint density at radius 2 is 1.83 bits per heavy atom. The normalized spacial score (nSPS) is 11.6. The number of hydrogen-bond donors (Lipinski definition) is 1. The SMILES string of the molecule is CC(C)Oc1ccc(C(C)NC(=O)c2cccc(C#N)c2)cc1. The Balaban J connectivity index is 2.04. The molecule has 0 saturated heterocycles. The van der Waals surface area contributed by atoms with Crippen LogP contribution < -0.4 is 10.1 Å². The lowest BCUT2D eigenvalue weighted by Gasteiger charge is -2.16. The number of ether oxygens (including phenoxy) is 1. The summed E-state index contributed by atoms with van der Waals surface area (Å²) < 4.78 is 5.61. The fourth-order valence-corrected chi connectivity index (χ4v) is 2.20. The van der Waals surface area contributed by atoms with Crippen LogP contribution in [0, 0.1) is 11.3 Å². The fraction of sp³-hybridized carbons (Fsp3) is 0.263. The van der Waals surface area contributed by atoms with Gasteiger partial charge in [0.25, 0.3) is 5.91 Å². The number of nitrogens with zero attached hydrogens (tertiary/aromatic N) is 1. The molecular weight excluding hydrogens is 288 g/mol. The summed E-state index contributed by atoms with van der Waals surface area (Å²) in [7, 11) is 0. The van der Waals surface area contributed by atoms with Gasteiger partial charge in [-0.1, -0.05) is 18.2 Å². The van der Waals surface area contributed by atoms with Gasteiger partial charge < -0.3 is 10.1 Å². The maximum Gasteiger partial charge on any atom is 0.251 e. The van der Waals surface area contributed by atoms with Gasteiger partial charge in [-0.05, 0) is 56.7 Å². The van der Waals surface area contributed by atoms with E-state index in [1.807, 2.05) is 51.1 Å². The van der Waals surface area contributed by atoms with Gasteiger partial charge in [0.05, 0.1) is 23.8 Å². The molecule has 0 spiro atoms. The number of nitriles is 1. The van der Waals surface area contributed by atoms with Crippen molar-refractivity contribution in [2.75, 3.05) is 0 Å². The van der Waals surface area contributed by atoms with E-state index in [1.165, 1.54) is 0 Å². The molecule has 0 aliphatic heterocycles. The molecule has 0 heterocycles. The number of rotatable bonds is 5. The van der Waals surface area contributed by atoms with E-state index in [1.54, 1.807) is 24.3 Å². The van der Waals surface area contributed by atoms with Crippen molar-refractivity contribution in [1.82, 2.24) is 5.32 Å². The second-order valence-corrected chi connectivity index (χ2v) is 5.62. The van der Waals surface area contributed by atoms with Crippen molar-refractivity contribution in [2.45, 2.75) is 32.9 Å². The Morgan fingerprint density at radius 3 is 2.43 bits per heavy atom. The predicted molar refractivity (Wildman–Crippen MR) is 89.2 cm³/mol. The third-order valence-corrected chi connectivity index (χ3v) is 3.35. The third-order valence-electron chi connectivity index (χ3n) is 3.35. The fourth-order valence-electron chi connectivity index (χ4n) is 2.20. The van der Waals surface area contributed by atoms with Gasteiger partial charge in [0, 0.05) is 5.56 Å². The minimum atomic E-state index is -0.197. The number of hydrogen-bond acceptors (Lipinski definition) is 3. The van der Waals surface area contributed by atoms with Crippen LogP contribution >= 0.6 is 0 Å². The monoisotopic (exact) mass is 308 g/mol. The summed E-state index contributed by atoms with van der Waals surface area (Å²) in [5.41, 5.74) is 1.95. The molecule has 23 heavy (non-hydrogen) atoms. The summed E-state index contributed by atoms with van der Waals surface area (Å²) in [5, 5.41) is 11.8. The lowest BCUT2D eigenvalue weighted by atomic mass is 10.1. The average Bonchev–Trinajstić information content (AvgIpc) is 2.55. The molecule has 1 atom stereocenters. The van der Waals surface area contributed by atoms with Crippen LogP contribution in [0.4, 0.5) is 0 Å². The first kappa shape index (κ1) is 16.6. The topological polar surface area (TPSA) is 62.1 Å². The first-order valence-electron chi connectivity index (χ1n) is 7.57. The zero-order valence-electron chi connectivity index (χ0n) is 13.5. The summed E-state index contributed by atoms with van der Waals surface area (Å²) in [6.07, 6.45) is 0.130. The summed E-state index contributed by atoms with van der Waals surface area (Å²) >= 11 is 0. The van der Waals surface area contributed by atoms with Gasteiger partial charge in [0.15, 0.2) is 0 Å². The van der Waals surface area contributed by atoms with Gasteiger partial charge in [0.2, 0.25) is 0 Å². The van der Waals surface area contributed by atoms with Crippen molar-refractivity contribution in [3.8, 4) is 11.8 Å². The van der Waals surface area contributed by atoms with Crippen molar-refractivity contribution < 1.29 is 9.53 Å². The van der Waals surface area contributed by atoms with E-state index in [0.29, 0.717) is 11.1 Å². The first-order valence-corrected chi connectivity index (χ1v) is 7.57. The Kier molecular flexibility index (Phi) is 5.37. The highest BCUT2D eigenvalue weighted by Gasteiger charge is 2.12. The van der Waals surface area contributed by atoms with Crippen molar-refractivity contribution in [2.24, 2.45) is 0 Å². The van der Waals surface area contributed by atoms with Gasteiger partial charge in [-0.2, -0.15) is 5.26 Å². The molecule has 0 fully saturated rings. The highest BCUT2D eigenvalue weighted by Crippen LogP contribution is 2.19. The molecule has 0 aliphatic carbocycles. The van der Waals surface area contributed by atoms with E-state index in [0.717, 1.165) is 11.3 Å². The molecule has 4 nitrogen and oxygen atoms in total. The Labute approximate surface area is 136 Å². The van der Waals surface area contributed by atoms with Gasteiger partial charge in [0.1, 0.15) is 5.75 Å². The number of amides is 1. The zero-order chi connectivity index (χ0) is 16.8. The standard InChI is InChI=1S/C19H20N2O2/c1-13(2)23-18-9-7-16(8-10-18)14(3)21-19(22)17-6-4-5-15(11-17)12-20/h4-11,13-14H,1-3H3,(H,21,22). The number of carbonyl (C=O) groups is 1. The van der Waals surface area contributed by atoms with Crippen LogP contribution in [0.2, 0.25) is 0 Å². The van der Waals surface area contributed by atoms with E-state index in [-0.39, 0.29) is 18.1 Å². The molecule has 1 unspecified atom stereocenters. The van der Waals surface area contributed by atoms with Gasteiger partial charge in [-0.3, -0.25) is 4.79 Å². The molecule has 0 bridgehead atoms. The summed E-state index contributed by atoms with van der Waals surface area (Å²) in [6, 6.07) is 16.2. The molecule has 0 aromatic heterocycles. The smallest absolute Gasteiger partial charge is 0.251 e. The predicted octanol–water partition coefficient (Wildman–Crippen LogP) is 3.84. The Morgan fingerprint density at radius 1 is 1.13 bits per heavy atom. The van der Waals surface area contributed by atoms with Crippen molar-refractivity contribution in [1.29, 1.82) is 5.26 Å². The van der Waals surface area contributed by atoms with Crippen molar-refractivity contribution in [3.05, 3.63) is 65.2 Å². The van der Waals surface area contributed by atoms with E-state index >= 15 is 0 Å². The van der Waals surface area contributed by atoms with Gasteiger partial charge >= 0.3 is 0 Å². The largest absolute Gasteiger partial charge is 0.491 e. The Bertz CT molecular complexity index is 715. The van der Waals surface area contributed by atoms with E-state index in [4.69, 9.17) is 10.00 Å². The highest BCUT2D eigenvalue weighted by molar-refractivity contribution is 5.94. The average molecular weight is 308 g/mol. The molecular formula is C19H20N2O2. The van der Waals surface area contributed by atoms with Crippen LogP contribution in [-0.4, -0.2) is 12.0 Å².